The van der Waals surface area contributed by atoms with Gasteiger partial charge in [-0.2, -0.15) is 0 Å². The fourth-order valence-corrected chi connectivity index (χ4v) is 2.01. The summed E-state index contributed by atoms with van der Waals surface area (Å²) in [6.07, 6.45) is 1.54. The van der Waals surface area contributed by atoms with Crippen LogP contribution in [0.5, 0.6) is 0 Å². The molecular formula is C10H16N2O3. The SMILES string of the molecule is CC1CCC(C(=O)N2CCNC(=O)C2)O1. The van der Waals surface area contributed by atoms with E-state index in [1.54, 1.807) is 4.90 Å². The highest BCUT2D eigenvalue weighted by Gasteiger charge is 2.33. The molecule has 2 unspecified atom stereocenters. The Hall–Kier alpha value is -1.10. The molecule has 2 aliphatic rings. The first-order valence-electron chi connectivity index (χ1n) is 5.38. The molecule has 5 heteroatoms. The molecule has 2 atom stereocenters. The average molecular weight is 212 g/mol. The molecule has 2 heterocycles. The van der Waals surface area contributed by atoms with Gasteiger partial charge in [-0.3, -0.25) is 9.59 Å². The van der Waals surface area contributed by atoms with E-state index < -0.39 is 0 Å². The van der Waals surface area contributed by atoms with Gasteiger partial charge in [0.05, 0.1) is 12.6 Å². The van der Waals surface area contributed by atoms with E-state index in [0.29, 0.717) is 13.1 Å². The van der Waals surface area contributed by atoms with Crippen LogP contribution in [0.15, 0.2) is 0 Å². The summed E-state index contributed by atoms with van der Waals surface area (Å²) in [4.78, 5) is 24.6. The van der Waals surface area contributed by atoms with E-state index in [2.05, 4.69) is 5.32 Å². The molecule has 2 fully saturated rings. The molecule has 15 heavy (non-hydrogen) atoms. The highest BCUT2D eigenvalue weighted by atomic mass is 16.5. The van der Waals surface area contributed by atoms with E-state index >= 15 is 0 Å². The molecule has 2 amide bonds. The third-order valence-corrected chi connectivity index (χ3v) is 2.86. The zero-order valence-corrected chi connectivity index (χ0v) is 8.86. The fraction of sp³-hybridized carbons (Fsp3) is 0.800. The van der Waals surface area contributed by atoms with Crippen molar-refractivity contribution in [2.24, 2.45) is 0 Å². The molecule has 0 aromatic rings. The number of nitrogens with one attached hydrogen (secondary N) is 1. The number of hydrogen-bond donors (Lipinski definition) is 1. The second-order valence-electron chi connectivity index (χ2n) is 4.12. The maximum Gasteiger partial charge on any atom is 0.252 e. The quantitative estimate of drug-likeness (QED) is 0.638. The van der Waals surface area contributed by atoms with Crippen LogP contribution in [0.4, 0.5) is 0 Å². The Labute approximate surface area is 88.8 Å². The summed E-state index contributed by atoms with van der Waals surface area (Å²) in [6, 6.07) is 0. The third kappa shape index (κ3) is 2.28. The van der Waals surface area contributed by atoms with Gasteiger partial charge in [0.25, 0.3) is 5.91 Å². The number of nitrogens with zero attached hydrogens (tertiary/aromatic N) is 1. The van der Waals surface area contributed by atoms with E-state index in [-0.39, 0.29) is 30.6 Å². The predicted molar refractivity (Wildman–Crippen MR) is 53.2 cm³/mol. The van der Waals surface area contributed by atoms with Crippen molar-refractivity contribution < 1.29 is 14.3 Å². The van der Waals surface area contributed by atoms with Gasteiger partial charge in [0.1, 0.15) is 6.10 Å². The Bertz CT molecular complexity index is 280. The van der Waals surface area contributed by atoms with E-state index in [1.165, 1.54) is 0 Å². The molecule has 84 valence electrons. The van der Waals surface area contributed by atoms with Gasteiger partial charge in [-0.25, -0.2) is 0 Å². The summed E-state index contributed by atoms with van der Waals surface area (Å²) in [5.41, 5.74) is 0. The van der Waals surface area contributed by atoms with Crippen molar-refractivity contribution in [1.82, 2.24) is 10.2 Å². The molecular weight excluding hydrogens is 196 g/mol. The highest BCUT2D eigenvalue weighted by Crippen LogP contribution is 2.20. The Morgan fingerprint density at radius 3 is 2.93 bits per heavy atom. The summed E-state index contributed by atoms with van der Waals surface area (Å²) < 4.78 is 5.49. The lowest BCUT2D eigenvalue weighted by Gasteiger charge is -2.28. The summed E-state index contributed by atoms with van der Waals surface area (Å²) in [7, 11) is 0. The minimum atomic E-state index is -0.328. The summed E-state index contributed by atoms with van der Waals surface area (Å²) in [5, 5.41) is 2.69. The molecule has 2 aliphatic heterocycles. The number of rotatable bonds is 1. The summed E-state index contributed by atoms with van der Waals surface area (Å²) in [6.45, 7) is 3.29. The monoisotopic (exact) mass is 212 g/mol. The van der Waals surface area contributed by atoms with E-state index in [9.17, 15) is 9.59 Å². The van der Waals surface area contributed by atoms with Crippen molar-refractivity contribution in [3.8, 4) is 0 Å². The number of ether oxygens (including phenoxy) is 1. The number of piperazine rings is 1. The largest absolute Gasteiger partial charge is 0.365 e. The fourth-order valence-electron chi connectivity index (χ4n) is 2.01. The molecule has 1 N–H and O–H groups in total. The topological polar surface area (TPSA) is 58.6 Å². The van der Waals surface area contributed by atoms with Crippen LogP contribution in [0, 0.1) is 0 Å². The van der Waals surface area contributed by atoms with E-state index in [0.717, 1.165) is 12.8 Å². The van der Waals surface area contributed by atoms with Gasteiger partial charge in [-0.15, -0.1) is 0 Å². The van der Waals surface area contributed by atoms with Crippen molar-refractivity contribution in [1.29, 1.82) is 0 Å². The number of hydrogen-bond acceptors (Lipinski definition) is 3. The first-order valence-corrected chi connectivity index (χ1v) is 5.38. The highest BCUT2D eigenvalue weighted by molar-refractivity contribution is 5.88. The zero-order chi connectivity index (χ0) is 10.8. The zero-order valence-electron chi connectivity index (χ0n) is 8.86. The average Bonchev–Trinajstić information content (AvgIpc) is 2.64. The lowest BCUT2D eigenvalue weighted by atomic mass is 10.2. The lowest BCUT2D eigenvalue weighted by molar-refractivity contribution is -0.147. The third-order valence-electron chi connectivity index (χ3n) is 2.86. The maximum atomic E-state index is 11.9. The van der Waals surface area contributed by atoms with Gasteiger partial charge >= 0.3 is 0 Å². The van der Waals surface area contributed by atoms with Crippen LogP contribution in [-0.4, -0.2) is 48.6 Å². The standard InChI is InChI=1S/C10H16N2O3/c1-7-2-3-8(15-7)10(14)12-5-4-11-9(13)6-12/h7-8H,2-6H2,1H3,(H,11,13). The van der Waals surface area contributed by atoms with Crippen LogP contribution in [0.2, 0.25) is 0 Å². The second-order valence-corrected chi connectivity index (χ2v) is 4.12. The minimum Gasteiger partial charge on any atom is -0.365 e. The molecule has 0 aromatic carbocycles. The van der Waals surface area contributed by atoms with Crippen molar-refractivity contribution in [2.45, 2.75) is 32.0 Å². The van der Waals surface area contributed by atoms with Gasteiger partial charge in [0.2, 0.25) is 5.91 Å². The Morgan fingerprint density at radius 2 is 2.33 bits per heavy atom. The van der Waals surface area contributed by atoms with Crippen LogP contribution in [0.3, 0.4) is 0 Å². The molecule has 2 rings (SSSR count). The van der Waals surface area contributed by atoms with Crippen molar-refractivity contribution in [3.63, 3.8) is 0 Å². The van der Waals surface area contributed by atoms with Crippen molar-refractivity contribution >= 4 is 11.8 Å². The van der Waals surface area contributed by atoms with Crippen LogP contribution in [0.25, 0.3) is 0 Å². The molecule has 0 aromatic heterocycles. The van der Waals surface area contributed by atoms with Gasteiger partial charge in [0, 0.05) is 13.1 Å². The molecule has 0 radical (unpaired) electrons. The van der Waals surface area contributed by atoms with Crippen LogP contribution < -0.4 is 5.32 Å². The lowest BCUT2D eigenvalue weighted by Crippen LogP contribution is -2.52. The second kappa shape index (κ2) is 4.18. The molecule has 0 bridgehead atoms. The number of carbonyl (C=O) groups excluding carboxylic acids is 2. The van der Waals surface area contributed by atoms with E-state index in [4.69, 9.17) is 4.74 Å². The van der Waals surface area contributed by atoms with E-state index in [1.807, 2.05) is 6.92 Å². The van der Waals surface area contributed by atoms with Gasteiger partial charge < -0.3 is 15.0 Å². The smallest absolute Gasteiger partial charge is 0.252 e. The molecule has 2 saturated heterocycles. The van der Waals surface area contributed by atoms with Gasteiger partial charge in [0.15, 0.2) is 0 Å². The van der Waals surface area contributed by atoms with Crippen molar-refractivity contribution in [2.75, 3.05) is 19.6 Å². The number of amides is 2. The molecule has 0 spiro atoms. The molecule has 5 nitrogen and oxygen atoms in total. The Balaban J connectivity index is 1.92. The van der Waals surface area contributed by atoms with Crippen LogP contribution in [0.1, 0.15) is 19.8 Å². The first kappa shape index (κ1) is 10.4. The number of carbonyl (C=O) groups is 2. The maximum absolute atomic E-state index is 11.9. The molecule has 0 aliphatic carbocycles. The Kier molecular flexibility index (Phi) is 2.90. The van der Waals surface area contributed by atoms with Crippen molar-refractivity contribution in [3.05, 3.63) is 0 Å². The van der Waals surface area contributed by atoms with Gasteiger partial charge in [-0.1, -0.05) is 0 Å². The van der Waals surface area contributed by atoms with Gasteiger partial charge in [-0.05, 0) is 19.8 Å². The summed E-state index contributed by atoms with van der Waals surface area (Å²) >= 11 is 0. The molecule has 0 saturated carbocycles. The Morgan fingerprint density at radius 1 is 1.53 bits per heavy atom. The minimum absolute atomic E-state index is 0.0331. The summed E-state index contributed by atoms with van der Waals surface area (Å²) in [5.74, 6) is -0.116. The first-order chi connectivity index (χ1) is 7.16. The normalized spacial score (nSPS) is 31.5. The van der Waals surface area contributed by atoms with Crippen LogP contribution >= 0.6 is 0 Å². The van der Waals surface area contributed by atoms with Crippen LogP contribution in [-0.2, 0) is 14.3 Å². The predicted octanol–water partition coefficient (Wildman–Crippen LogP) is -0.488.